The molecule has 0 aliphatic carbocycles. The van der Waals surface area contributed by atoms with Crippen LogP contribution in [0.5, 0.6) is 0 Å². The third kappa shape index (κ3) is 4.13. The van der Waals surface area contributed by atoms with E-state index in [1.54, 1.807) is 0 Å². The lowest BCUT2D eigenvalue weighted by molar-refractivity contribution is 0.167. The molecule has 1 aliphatic rings. The topological polar surface area (TPSA) is 67.1 Å². The van der Waals surface area contributed by atoms with E-state index < -0.39 is 6.10 Å². The van der Waals surface area contributed by atoms with E-state index in [4.69, 9.17) is 4.98 Å². The minimum absolute atomic E-state index is 0.485. The molecule has 1 atom stereocenters. The Morgan fingerprint density at radius 3 is 2.71 bits per heavy atom. The second-order valence-electron chi connectivity index (χ2n) is 7.45. The van der Waals surface area contributed by atoms with Gasteiger partial charge < -0.3 is 5.11 Å². The molecule has 6 heteroatoms. The summed E-state index contributed by atoms with van der Waals surface area (Å²) in [5.41, 5.74) is 4.99. The highest BCUT2D eigenvalue weighted by Gasteiger charge is 2.20. The van der Waals surface area contributed by atoms with Gasteiger partial charge in [-0.2, -0.15) is 5.10 Å². The van der Waals surface area contributed by atoms with Gasteiger partial charge in [-0.25, -0.2) is 9.97 Å². The van der Waals surface area contributed by atoms with Gasteiger partial charge in [-0.1, -0.05) is 37.3 Å². The number of rotatable bonds is 5. The molecule has 0 saturated heterocycles. The molecule has 28 heavy (non-hydrogen) atoms. The lowest BCUT2D eigenvalue weighted by Crippen LogP contribution is -2.24. The number of hydrogen-bond acceptors (Lipinski definition) is 5. The number of nitrogens with zero attached hydrogens (tertiary/aromatic N) is 5. The molecule has 0 amide bonds. The number of aliphatic hydroxyl groups is 1. The van der Waals surface area contributed by atoms with Crippen molar-refractivity contribution in [3.8, 4) is 11.3 Å². The molecular weight excluding hydrogens is 350 g/mol. The van der Waals surface area contributed by atoms with Crippen molar-refractivity contribution in [3.05, 3.63) is 65.4 Å². The summed E-state index contributed by atoms with van der Waals surface area (Å²) in [7, 11) is 0. The highest BCUT2D eigenvalue weighted by Crippen LogP contribution is 2.22. The van der Waals surface area contributed by atoms with Crippen molar-refractivity contribution >= 4 is 0 Å². The van der Waals surface area contributed by atoms with E-state index in [1.165, 1.54) is 0 Å². The average molecular weight is 377 g/mol. The fourth-order valence-electron chi connectivity index (χ4n) is 3.72. The van der Waals surface area contributed by atoms with E-state index in [0.717, 1.165) is 60.2 Å². The first-order valence-corrected chi connectivity index (χ1v) is 9.99. The molecule has 6 nitrogen and oxygen atoms in total. The molecule has 0 bridgehead atoms. The summed E-state index contributed by atoms with van der Waals surface area (Å²) in [5.74, 6) is 0.848. The smallest absolute Gasteiger partial charge is 0.143 e. The van der Waals surface area contributed by atoms with Crippen molar-refractivity contribution in [1.82, 2.24) is 24.6 Å². The standard InChI is InChI=1S/C22H27N5O/c1-3-21(28)20-13-18-14-26(10-7-11-27(18)25-20)15-22-23-16(2)12-19(24-22)17-8-5-4-6-9-17/h4-6,8-9,12-13,21,28H,3,7,10-11,14-15H2,1-2H3/t21-/m1/s1. The molecule has 1 aliphatic heterocycles. The van der Waals surface area contributed by atoms with Crippen LogP contribution in [0, 0.1) is 6.92 Å². The monoisotopic (exact) mass is 377 g/mol. The Morgan fingerprint density at radius 1 is 1.11 bits per heavy atom. The molecule has 1 N–H and O–H groups in total. The Bertz CT molecular complexity index is 937. The van der Waals surface area contributed by atoms with Crippen molar-refractivity contribution in [1.29, 1.82) is 0 Å². The fraction of sp³-hybridized carbons (Fsp3) is 0.409. The first-order chi connectivity index (χ1) is 13.6. The van der Waals surface area contributed by atoms with Gasteiger partial charge in [0.2, 0.25) is 0 Å². The van der Waals surface area contributed by atoms with Crippen LogP contribution in [-0.4, -0.2) is 36.3 Å². The van der Waals surface area contributed by atoms with Gasteiger partial charge in [0.05, 0.1) is 29.7 Å². The summed E-state index contributed by atoms with van der Waals surface area (Å²) in [5, 5.41) is 14.7. The molecule has 0 radical (unpaired) electrons. The number of hydrogen-bond donors (Lipinski definition) is 1. The third-order valence-corrected chi connectivity index (χ3v) is 5.18. The van der Waals surface area contributed by atoms with Gasteiger partial charge >= 0.3 is 0 Å². The number of aryl methyl sites for hydroxylation is 2. The van der Waals surface area contributed by atoms with Gasteiger partial charge in [0.15, 0.2) is 0 Å². The van der Waals surface area contributed by atoms with Gasteiger partial charge in [-0.15, -0.1) is 0 Å². The molecule has 146 valence electrons. The molecular formula is C22H27N5O. The van der Waals surface area contributed by atoms with Gasteiger partial charge in [-0.05, 0) is 31.9 Å². The molecule has 0 spiro atoms. The molecule has 0 saturated carbocycles. The summed E-state index contributed by atoms with van der Waals surface area (Å²) >= 11 is 0. The SMILES string of the molecule is CC[C@@H](O)c1cc2n(n1)CCCN(Cc1nc(C)cc(-c3ccccc3)n1)C2. The van der Waals surface area contributed by atoms with Crippen LogP contribution < -0.4 is 0 Å². The van der Waals surface area contributed by atoms with E-state index in [1.807, 2.05) is 48.9 Å². The predicted octanol–water partition coefficient (Wildman–Crippen LogP) is 3.50. The molecule has 2 aromatic heterocycles. The summed E-state index contributed by atoms with van der Waals surface area (Å²) in [6, 6.07) is 14.3. The number of fused-ring (bicyclic) bond motifs is 1. The Labute approximate surface area is 165 Å². The van der Waals surface area contributed by atoms with Crippen LogP contribution in [0.1, 0.15) is 48.8 Å². The summed E-state index contributed by atoms with van der Waals surface area (Å²) in [4.78, 5) is 11.9. The zero-order valence-corrected chi connectivity index (χ0v) is 16.5. The summed E-state index contributed by atoms with van der Waals surface area (Å²) in [6.45, 7) is 7.35. The maximum atomic E-state index is 10.1. The molecule has 0 unspecified atom stereocenters. The zero-order valence-electron chi connectivity index (χ0n) is 16.5. The normalized spacial score (nSPS) is 15.8. The quantitative estimate of drug-likeness (QED) is 0.737. The number of benzene rings is 1. The highest BCUT2D eigenvalue weighted by molar-refractivity contribution is 5.58. The van der Waals surface area contributed by atoms with E-state index in [9.17, 15) is 5.11 Å². The van der Waals surface area contributed by atoms with Crippen molar-refractivity contribution < 1.29 is 5.11 Å². The molecule has 0 fully saturated rings. The molecule has 1 aromatic carbocycles. The Morgan fingerprint density at radius 2 is 1.93 bits per heavy atom. The van der Waals surface area contributed by atoms with Crippen LogP contribution in [0.2, 0.25) is 0 Å². The number of aromatic nitrogens is 4. The van der Waals surface area contributed by atoms with Crippen LogP contribution in [-0.2, 0) is 19.6 Å². The van der Waals surface area contributed by atoms with Gasteiger partial charge in [-0.3, -0.25) is 9.58 Å². The predicted molar refractivity (Wildman–Crippen MR) is 108 cm³/mol. The second-order valence-corrected chi connectivity index (χ2v) is 7.45. The third-order valence-electron chi connectivity index (χ3n) is 5.18. The maximum absolute atomic E-state index is 10.1. The maximum Gasteiger partial charge on any atom is 0.143 e. The van der Waals surface area contributed by atoms with Crippen LogP contribution in [0.25, 0.3) is 11.3 Å². The molecule has 3 aromatic rings. The molecule has 4 rings (SSSR count). The lowest BCUT2D eigenvalue weighted by atomic mass is 10.1. The second kappa shape index (κ2) is 8.20. The van der Waals surface area contributed by atoms with Gasteiger partial charge in [0, 0.05) is 30.9 Å². The summed E-state index contributed by atoms with van der Waals surface area (Å²) in [6.07, 6.45) is 1.22. The van der Waals surface area contributed by atoms with E-state index in [0.29, 0.717) is 13.0 Å². The highest BCUT2D eigenvalue weighted by atomic mass is 16.3. The van der Waals surface area contributed by atoms with E-state index >= 15 is 0 Å². The lowest BCUT2D eigenvalue weighted by Gasteiger charge is -2.19. The van der Waals surface area contributed by atoms with Crippen molar-refractivity contribution in [2.45, 2.75) is 52.4 Å². The van der Waals surface area contributed by atoms with Crippen LogP contribution in [0.4, 0.5) is 0 Å². The Hall–Kier alpha value is -2.57. The first-order valence-electron chi connectivity index (χ1n) is 9.99. The van der Waals surface area contributed by atoms with Crippen molar-refractivity contribution in [2.75, 3.05) is 6.54 Å². The minimum atomic E-state index is -0.485. The Balaban J connectivity index is 1.54. The zero-order chi connectivity index (χ0) is 19.5. The largest absolute Gasteiger partial charge is 0.387 e. The fourth-order valence-corrected chi connectivity index (χ4v) is 3.72. The van der Waals surface area contributed by atoms with Crippen LogP contribution in [0.15, 0.2) is 42.5 Å². The van der Waals surface area contributed by atoms with Crippen molar-refractivity contribution in [3.63, 3.8) is 0 Å². The molecule has 3 heterocycles. The Kier molecular flexibility index (Phi) is 5.50. The summed E-state index contributed by atoms with van der Waals surface area (Å²) < 4.78 is 2.04. The minimum Gasteiger partial charge on any atom is -0.387 e. The van der Waals surface area contributed by atoms with Crippen molar-refractivity contribution in [2.24, 2.45) is 0 Å². The van der Waals surface area contributed by atoms with Gasteiger partial charge in [0.1, 0.15) is 5.82 Å². The average Bonchev–Trinajstić information content (AvgIpc) is 3.01. The van der Waals surface area contributed by atoms with Crippen LogP contribution in [0.3, 0.4) is 0 Å². The van der Waals surface area contributed by atoms with Crippen LogP contribution >= 0.6 is 0 Å². The van der Waals surface area contributed by atoms with E-state index in [2.05, 4.69) is 27.1 Å². The number of aliphatic hydroxyl groups excluding tert-OH is 1. The first kappa shape index (κ1) is 18.8. The van der Waals surface area contributed by atoms with E-state index in [-0.39, 0.29) is 0 Å². The van der Waals surface area contributed by atoms with Gasteiger partial charge in [0.25, 0.3) is 0 Å².